The smallest absolute Gasteiger partial charge is 0.238 e. The van der Waals surface area contributed by atoms with Gasteiger partial charge in [0, 0.05) is 51.0 Å². The minimum absolute atomic E-state index is 0.0970. The van der Waals surface area contributed by atoms with E-state index in [9.17, 15) is 8.42 Å². The molecule has 3 N–H and O–H groups in total. The van der Waals surface area contributed by atoms with Crippen molar-refractivity contribution in [3.05, 3.63) is 59.8 Å². The standard InChI is InChI=1S/C21H23N7O2S/c1-13-5-6-15(11-19(13)31(22,29)30)24-21-23-10-9-20(25-21)27(3)16-7-8-17-14(2)28(4)26-18(17)12-16/h5-12H,1-4H3,(H2,22,29,30)(H,23,24,25)/i1D3,2D3,5D,6D,11D. The Hall–Kier alpha value is -3.50. The zero-order chi connectivity index (χ0) is 29.9. The van der Waals surface area contributed by atoms with Gasteiger partial charge in [-0.2, -0.15) is 10.1 Å². The first-order valence-electron chi connectivity index (χ1n) is 13.3. The van der Waals surface area contributed by atoms with E-state index < -0.39 is 58.0 Å². The van der Waals surface area contributed by atoms with Crippen molar-refractivity contribution in [3.63, 3.8) is 0 Å². The number of anilines is 4. The fourth-order valence-corrected chi connectivity index (χ4v) is 3.48. The number of rotatable bonds is 5. The summed E-state index contributed by atoms with van der Waals surface area (Å²) in [4.78, 5) is 8.89. The third kappa shape index (κ3) is 4.07. The van der Waals surface area contributed by atoms with Gasteiger partial charge in [0.1, 0.15) is 5.82 Å². The molecule has 4 aromatic rings. The molecule has 2 aromatic carbocycles. The van der Waals surface area contributed by atoms with Crippen LogP contribution in [0.1, 0.15) is 23.6 Å². The second-order valence-electron chi connectivity index (χ2n) is 6.60. The Kier molecular flexibility index (Phi) is 3.05. The highest BCUT2D eigenvalue weighted by Gasteiger charge is 2.14. The lowest BCUT2D eigenvalue weighted by Crippen LogP contribution is -2.14. The van der Waals surface area contributed by atoms with Gasteiger partial charge >= 0.3 is 0 Å². The first-order valence-corrected chi connectivity index (χ1v) is 10.3. The van der Waals surface area contributed by atoms with E-state index >= 15 is 0 Å². The molecule has 0 atom stereocenters. The van der Waals surface area contributed by atoms with Crippen LogP contribution in [-0.2, 0) is 17.1 Å². The number of primary sulfonamides is 1. The minimum atomic E-state index is -4.77. The van der Waals surface area contributed by atoms with Crippen LogP contribution in [0.15, 0.2) is 53.5 Å². The van der Waals surface area contributed by atoms with Crippen LogP contribution >= 0.6 is 0 Å². The Bertz CT molecular complexity index is 1750. The summed E-state index contributed by atoms with van der Waals surface area (Å²) in [5.74, 6) is 0.120. The van der Waals surface area contributed by atoms with E-state index in [0.717, 1.165) is 0 Å². The number of nitrogens with one attached hydrogen (secondary N) is 1. The number of nitrogens with zero attached hydrogens (tertiary/aromatic N) is 5. The Morgan fingerprint density at radius 1 is 1.26 bits per heavy atom. The fraction of sp³-hybridized carbons (Fsp3) is 0.190. The third-order valence-corrected chi connectivity index (χ3v) is 5.36. The van der Waals surface area contributed by atoms with Crippen molar-refractivity contribution in [2.75, 3.05) is 17.3 Å². The number of aromatic nitrogens is 4. The predicted octanol–water partition coefficient (Wildman–Crippen LogP) is 3.14. The molecule has 0 bridgehead atoms. The monoisotopic (exact) mass is 446 g/mol. The van der Waals surface area contributed by atoms with Gasteiger partial charge in [-0.15, -0.1) is 0 Å². The maximum Gasteiger partial charge on any atom is 0.238 e. The van der Waals surface area contributed by atoms with Gasteiger partial charge in [0.25, 0.3) is 0 Å². The second-order valence-corrected chi connectivity index (χ2v) is 8.09. The number of sulfonamides is 1. The Balaban J connectivity index is 1.75. The zero-order valence-electron chi connectivity index (χ0n) is 25.4. The molecule has 0 aliphatic carbocycles. The van der Waals surface area contributed by atoms with Crippen molar-refractivity contribution in [2.45, 2.75) is 18.6 Å². The van der Waals surface area contributed by atoms with E-state index in [1.165, 1.54) is 16.9 Å². The molecule has 0 saturated heterocycles. The Morgan fingerprint density at radius 3 is 2.84 bits per heavy atom. The van der Waals surface area contributed by atoms with Gasteiger partial charge in [0.2, 0.25) is 16.0 Å². The topological polar surface area (TPSA) is 119 Å². The first-order chi connectivity index (χ1) is 18.3. The van der Waals surface area contributed by atoms with Crippen LogP contribution in [0, 0.1) is 13.7 Å². The SMILES string of the molecule is [2H]c1c([2H])c(C([2H])([2H])[2H])c(S(N)(=O)=O)c([2H])c1Nc1nccc(N(C)c2ccc3c(C([2H])([2H])[2H])n(C)nc3c2)n1. The minimum Gasteiger partial charge on any atom is -0.329 e. The van der Waals surface area contributed by atoms with E-state index in [1.54, 1.807) is 37.2 Å². The van der Waals surface area contributed by atoms with Gasteiger partial charge in [-0.25, -0.2) is 18.5 Å². The third-order valence-electron chi connectivity index (χ3n) is 4.49. The summed E-state index contributed by atoms with van der Waals surface area (Å²) in [5.41, 5.74) is -0.414. The molecule has 0 amide bonds. The highest BCUT2D eigenvalue weighted by molar-refractivity contribution is 7.89. The molecule has 160 valence electrons. The van der Waals surface area contributed by atoms with Crippen molar-refractivity contribution >= 4 is 44.1 Å². The number of benzene rings is 2. The summed E-state index contributed by atoms with van der Waals surface area (Å²) in [6, 6.07) is 3.91. The van der Waals surface area contributed by atoms with Crippen molar-refractivity contribution in [2.24, 2.45) is 12.2 Å². The molecule has 2 aromatic heterocycles. The van der Waals surface area contributed by atoms with Crippen LogP contribution in [0.3, 0.4) is 0 Å². The summed E-state index contributed by atoms with van der Waals surface area (Å²) in [7, 11) is -1.56. The summed E-state index contributed by atoms with van der Waals surface area (Å²) in [6.45, 7) is -5.48. The molecule has 0 spiro atoms. The number of aryl methyl sites for hydroxylation is 2. The maximum atomic E-state index is 12.2. The molecule has 0 radical (unpaired) electrons. The van der Waals surface area contributed by atoms with Crippen LogP contribution < -0.4 is 15.4 Å². The summed E-state index contributed by atoms with van der Waals surface area (Å²) >= 11 is 0. The molecular formula is C21H23N7O2S. The fourth-order valence-electron chi connectivity index (χ4n) is 2.90. The van der Waals surface area contributed by atoms with Gasteiger partial charge in [0.05, 0.1) is 14.5 Å². The molecular weight excluding hydrogens is 414 g/mol. The van der Waals surface area contributed by atoms with Crippen LogP contribution in [0.5, 0.6) is 0 Å². The Labute approximate surface area is 193 Å². The average molecular weight is 447 g/mol. The second kappa shape index (κ2) is 7.64. The molecule has 4 rings (SSSR count). The van der Waals surface area contributed by atoms with Crippen LogP contribution in [0.25, 0.3) is 10.9 Å². The molecule has 0 fully saturated rings. The van der Waals surface area contributed by atoms with Crippen molar-refractivity contribution in [3.8, 4) is 0 Å². The van der Waals surface area contributed by atoms with Crippen LogP contribution in [0.2, 0.25) is 0 Å². The summed E-state index contributed by atoms with van der Waals surface area (Å²) in [5, 5.41) is 12.5. The lowest BCUT2D eigenvalue weighted by molar-refractivity contribution is 0.597. The average Bonchev–Trinajstić information content (AvgIpc) is 3.17. The van der Waals surface area contributed by atoms with E-state index in [1.807, 2.05) is 0 Å². The summed E-state index contributed by atoms with van der Waals surface area (Å²) < 4.78 is 96.6. The Morgan fingerprint density at radius 2 is 2.10 bits per heavy atom. The highest BCUT2D eigenvalue weighted by Crippen LogP contribution is 2.28. The van der Waals surface area contributed by atoms with Gasteiger partial charge in [0.15, 0.2) is 0 Å². The van der Waals surface area contributed by atoms with E-state index in [2.05, 4.69) is 20.4 Å². The van der Waals surface area contributed by atoms with E-state index in [4.69, 9.17) is 17.5 Å². The van der Waals surface area contributed by atoms with Crippen LogP contribution in [0.4, 0.5) is 23.1 Å². The highest BCUT2D eigenvalue weighted by atomic mass is 32.2. The molecule has 10 heteroatoms. The molecule has 0 saturated carbocycles. The van der Waals surface area contributed by atoms with E-state index in [-0.39, 0.29) is 11.6 Å². The zero-order valence-corrected chi connectivity index (χ0v) is 17.2. The maximum absolute atomic E-state index is 12.2. The number of hydrogen-bond donors (Lipinski definition) is 2. The quantitative estimate of drug-likeness (QED) is 0.483. The first kappa shape index (κ1) is 12.4. The van der Waals surface area contributed by atoms with E-state index in [0.29, 0.717) is 22.4 Å². The van der Waals surface area contributed by atoms with Crippen molar-refractivity contribution in [1.82, 2.24) is 19.7 Å². The largest absolute Gasteiger partial charge is 0.329 e. The van der Waals surface area contributed by atoms with Gasteiger partial charge in [-0.1, -0.05) is 6.04 Å². The predicted molar refractivity (Wildman–Crippen MR) is 121 cm³/mol. The van der Waals surface area contributed by atoms with Gasteiger partial charge in [-0.05, 0) is 55.6 Å². The number of nitrogens with two attached hydrogens (primary N) is 1. The normalized spacial score (nSPS) is 16.7. The van der Waals surface area contributed by atoms with Gasteiger partial charge < -0.3 is 10.2 Å². The molecule has 2 heterocycles. The lowest BCUT2D eigenvalue weighted by Gasteiger charge is -2.19. The molecule has 0 aliphatic rings. The number of fused-ring (bicyclic) bond motifs is 1. The van der Waals surface area contributed by atoms with Crippen LogP contribution in [-0.4, -0.2) is 35.2 Å². The molecule has 0 aliphatic heterocycles. The van der Waals surface area contributed by atoms with Crippen molar-refractivity contribution in [1.29, 1.82) is 0 Å². The van der Waals surface area contributed by atoms with Crippen molar-refractivity contribution < 1.29 is 20.8 Å². The molecule has 0 unspecified atom stereocenters. The van der Waals surface area contributed by atoms with Gasteiger partial charge in [-0.3, -0.25) is 4.68 Å². The summed E-state index contributed by atoms with van der Waals surface area (Å²) in [6.07, 6.45) is 1.35. The molecule has 9 nitrogen and oxygen atoms in total. The lowest BCUT2D eigenvalue weighted by atomic mass is 10.2. The molecule has 31 heavy (non-hydrogen) atoms. The number of hydrogen-bond acceptors (Lipinski definition) is 7.